The van der Waals surface area contributed by atoms with Crippen molar-refractivity contribution in [1.82, 2.24) is 5.32 Å². The number of phosphoric ester groups is 1. The molecule has 0 aromatic heterocycles. The highest BCUT2D eigenvalue weighted by Gasteiger charge is 2.23. The molecule has 0 heterocycles. The second-order valence-electron chi connectivity index (χ2n) is 21.7. The Hall–Kier alpha value is -2.06. The van der Waals surface area contributed by atoms with Crippen LogP contribution in [0.3, 0.4) is 0 Å². The van der Waals surface area contributed by atoms with E-state index in [0.717, 1.165) is 70.6 Å². The summed E-state index contributed by atoms with van der Waals surface area (Å²) < 4.78 is 23.2. The number of carbonyl (C=O) groups is 1. The lowest BCUT2D eigenvalue weighted by Crippen LogP contribution is -2.45. The van der Waals surface area contributed by atoms with E-state index in [1.54, 1.807) is 6.08 Å². The molecule has 0 radical (unpaired) electrons. The van der Waals surface area contributed by atoms with Gasteiger partial charge in [0.25, 0.3) is 7.82 Å². The van der Waals surface area contributed by atoms with Gasteiger partial charge in [-0.05, 0) is 64.2 Å². The molecule has 8 nitrogen and oxygen atoms in total. The third kappa shape index (κ3) is 55.7. The zero-order chi connectivity index (χ0) is 52.7. The van der Waals surface area contributed by atoms with Crippen LogP contribution in [-0.4, -0.2) is 68.5 Å². The molecule has 2 N–H and O–H groups in total. The number of nitrogens with one attached hydrogen (secondary N) is 1. The minimum Gasteiger partial charge on any atom is -0.756 e. The number of rotatable bonds is 55. The van der Waals surface area contributed by atoms with Crippen LogP contribution < -0.4 is 10.2 Å². The summed E-state index contributed by atoms with van der Waals surface area (Å²) >= 11 is 0. The van der Waals surface area contributed by atoms with E-state index >= 15 is 0 Å². The summed E-state index contributed by atoms with van der Waals surface area (Å²) in [7, 11) is 1.26. The van der Waals surface area contributed by atoms with Crippen LogP contribution in [0.1, 0.15) is 271 Å². The lowest BCUT2D eigenvalue weighted by molar-refractivity contribution is -0.870. The number of hydrogen-bond donors (Lipinski definition) is 2. The van der Waals surface area contributed by atoms with E-state index < -0.39 is 20.0 Å². The van der Waals surface area contributed by atoms with Gasteiger partial charge in [0.2, 0.25) is 5.91 Å². The minimum absolute atomic E-state index is 0.000860. The summed E-state index contributed by atoms with van der Waals surface area (Å²) in [6.07, 6.45) is 74.6. The summed E-state index contributed by atoms with van der Waals surface area (Å²) in [5.41, 5.74) is 0. The van der Waals surface area contributed by atoms with Crippen LogP contribution in [-0.2, 0) is 18.4 Å². The highest BCUT2D eigenvalue weighted by atomic mass is 31.2. The molecule has 72 heavy (non-hydrogen) atoms. The van der Waals surface area contributed by atoms with Crippen LogP contribution in [0.25, 0.3) is 0 Å². The fraction of sp³-hybridized carbons (Fsp3) is 0.794. The molecular formula is C63H117N2O6P. The maximum atomic E-state index is 12.9. The van der Waals surface area contributed by atoms with Crippen LogP contribution in [0.4, 0.5) is 0 Å². The van der Waals surface area contributed by atoms with Crippen LogP contribution in [0.15, 0.2) is 72.9 Å². The molecule has 0 aromatic rings. The molecule has 420 valence electrons. The molecule has 3 unspecified atom stereocenters. The van der Waals surface area contributed by atoms with Crippen molar-refractivity contribution in [3.63, 3.8) is 0 Å². The summed E-state index contributed by atoms with van der Waals surface area (Å²) in [4.78, 5) is 25.4. The Labute approximate surface area is 446 Å². The van der Waals surface area contributed by atoms with Crippen molar-refractivity contribution in [2.24, 2.45) is 0 Å². The Morgan fingerprint density at radius 1 is 0.500 bits per heavy atom. The van der Waals surface area contributed by atoms with Gasteiger partial charge in [0.15, 0.2) is 0 Å². The molecular weight excluding hydrogens is 912 g/mol. The Bertz CT molecular complexity index is 1400. The molecule has 0 saturated carbocycles. The maximum absolute atomic E-state index is 12.9. The molecule has 0 rings (SSSR count). The van der Waals surface area contributed by atoms with Crippen LogP contribution in [0, 0.1) is 0 Å². The minimum atomic E-state index is -4.59. The maximum Gasteiger partial charge on any atom is 0.268 e. The number of aliphatic hydroxyl groups excluding tert-OH is 1. The molecule has 0 aliphatic heterocycles. The van der Waals surface area contributed by atoms with E-state index in [2.05, 4.69) is 79.9 Å². The van der Waals surface area contributed by atoms with Gasteiger partial charge in [-0.3, -0.25) is 9.36 Å². The normalized spacial score (nSPS) is 14.4. The Morgan fingerprint density at radius 2 is 0.847 bits per heavy atom. The summed E-state index contributed by atoms with van der Waals surface area (Å²) in [5, 5.41) is 13.8. The highest BCUT2D eigenvalue weighted by molar-refractivity contribution is 7.45. The molecule has 0 fully saturated rings. The largest absolute Gasteiger partial charge is 0.756 e. The fourth-order valence-electron chi connectivity index (χ4n) is 8.71. The van der Waals surface area contributed by atoms with Crippen molar-refractivity contribution in [3.05, 3.63) is 72.9 Å². The van der Waals surface area contributed by atoms with Crippen LogP contribution in [0.2, 0.25) is 0 Å². The Balaban J connectivity index is 3.79. The summed E-state index contributed by atoms with van der Waals surface area (Å²) in [5.74, 6) is -0.197. The molecule has 0 aliphatic carbocycles. The summed E-state index contributed by atoms with van der Waals surface area (Å²) in [6.45, 7) is 4.51. The Morgan fingerprint density at radius 3 is 1.24 bits per heavy atom. The first kappa shape index (κ1) is 69.9. The van der Waals surface area contributed by atoms with Gasteiger partial charge in [-0.15, -0.1) is 0 Å². The first-order valence-corrected chi connectivity index (χ1v) is 31.8. The number of unbranched alkanes of at least 4 members (excludes halogenated alkanes) is 32. The van der Waals surface area contributed by atoms with E-state index in [1.165, 1.54) is 180 Å². The van der Waals surface area contributed by atoms with E-state index in [0.29, 0.717) is 17.4 Å². The van der Waals surface area contributed by atoms with Crippen LogP contribution in [0.5, 0.6) is 0 Å². The number of nitrogens with zero attached hydrogens (tertiary/aromatic N) is 1. The number of carbonyl (C=O) groups excluding carboxylic acids is 1. The standard InChI is InChI=1S/C63H117N2O6P/c1-6-8-10-12-14-16-17-18-19-20-21-22-23-24-25-26-27-28-29-30-31-32-33-34-35-36-37-38-39-40-41-42-43-44-45-46-47-49-51-53-55-57-63(67)64-61(60-71-72(68,69)70-59-58-65(3,4)5)62(66)56-54-52-50-48-15-13-11-9-7-2/h8,10,14,16,18-19,21-22,24-25,54,56,61-62,66H,6-7,9,11-13,15,17,20,23,26-53,55,57-60H2,1-5H3,(H-,64,67,68,69)/b10-8-,16-14-,19-18-,22-21-,25-24-,56-54+. The average molecular weight is 1030 g/mol. The van der Waals surface area contributed by atoms with Gasteiger partial charge in [0.05, 0.1) is 39.9 Å². The van der Waals surface area contributed by atoms with Gasteiger partial charge < -0.3 is 28.8 Å². The van der Waals surface area contributed by atoms with Gasteiger partial charge in [-0.25, -0.2) is 0 Å². The summed E-state index contributed by atoms with van der Waals surface area (Å²) in [6, 6.07) is -0.884. The van der Waals surface area contributed by atoms with Gasteiger partial charge in [0, 0.05) is 6.42 Å². The van der Waals surface area contributed by atoms with Crippen molar-refractivity contribution in [3.8, 4) is 0 Å². The lowest BCUT2D eigenvalue weighted by Gasteiger charge is -2.29. The number of quaternary nitrogens is 1. The van der Waals surface area contributed by atoms with Gasteiger partial charge in [-0.2, -0.15) is 0 Å². The molecule has 0 aliphatic rings. The van der Waals surface area contributed by atoms with Gasteiger partial charge >= 0.3 is 0 Å². The zero-order valence-corrected chi connectivity index (χ0v) is 48.8. The van der Waals surface area contributed by atoms with Crippen molar-refractivity contribution in [2.45, 2.75) is 283 Å². The number of hydrogen-bond acceptors (Lipinski definition) is 6. The monoisotopic (exact) mass is 1030 g/mol. The van der Waals surface area contributed by atoms with Crippen molar-refractivity contribution >= 4 is 13.7 Å². The third-order valence-corrected chi connectivity index (χ3v) is 14.4. The molecule has 0 saturated heterocycles. The molecule has 1 amide bonds. The molecule has 3 atom stereocenters. The number of likely N-dealkylation sites (N-methyl/N-ethyl adjacent to an activating group) is 1. The molecule has 9 heteroatoms. The first-order valence-electron chi connectivity index (χ1n) is 30.3. The van der Waals surface area contributed by atoms with E-state index in [4.69, 9.17) is 9.05 Å². The third-order valence-electron chi connectivity index (χ3n) is 13.4. The van der Waals surface area contributed by atoms with Crippen LogP contribution >= 0.6 is 7.82 Å². The predicted molar refractivity (Wildman–Crippen MR) is 311 cm³/mol. The SMILES string of the molecule is CC/C=C\C/C=C\C/C=C\C/C=C\C/C=C\CCCCCCCCCCCCCCCCCCCCCCCCCCCC(=O)NC(COP(=O)([O-])OCC[N+](C)(C)C)C(O)/C=C/CCCCCCCCC. The zero-order valence-electron chi connectivity index (χ0n) is 47.9. The molecule has 0 bridgehead atoms. The second-order valence-corrected chi connectivity index (χ2v) is 23.1. The Kier molecular flexibility index (Phi) is 52.2. The number of allylic oxidation sites excluding steroid dienone is 11. The molecule has 0 aromatic carbocycles. The van der Waals surface area contributed by atoms with E-state index in [1.807, 2.05) is 27.2 Å². The number of phosphoric acid groups is 1. The lowest BCUT2D eigenvalue weighted by atomic mass is 10.0. The fourth-order valence-corrected chi connectivity index (χ4v) is 9.43. The highest BCUT2D eigenvalue weighted by Crippen LogP contribution is 2.38. The van der Waals surface area contributed by atoms with E-state index in [9.17, 15) is 19.4 Å². The van der Waals surface area contributed by atoms with E-state index in [-0.39, 0.29) is 19.1 Å². The van der Waals surface area contributed by atoms with Gasteiger partial charge in [-0.1, -0.05) is 273 Å². The topological polar surface area (TPSA) is 108 Å². The first-order chi connectivity index (χ1) is 35.0. The van der Waals surface area contributed by atoms with Crippen molar-refractivity contribution in [2.75, 3.05) is 40.9 Å². The predicted octanol–water partition coefficient (Wildman–Crippen LogP) is 18.0. The molecule has 0 spiro atoms. The number of aliphatic hydroxyl groups is 1. The number of amides is 1. The van der Waals surface area contributed by atoms with Gasteiger partial charge in [0.1, 0.15) is 13.2 Å². The van der Waals surface area contributed by atoms with Crippen molar-refractivity contribution in [1.29, 1.82) is 0 Å². The smallest absolute Gasteiger partial charge is 0.268 e. The quantitative estimate of drug-likeness (QED) is 0.0272. The average Bonchev–Trinajstić information content (AvgIpc) is 3.34. The van der Waals surface area contributed by atoms with Crippen molar-refractivity contribution < 1.29 is 32.9 Å². The second kappa shape index (κ2) is 53.8.